The number of nitrogens with one attached hydrogen (secondary N) is 1. The van der Waals surface area contributed by atoms with Gasteiger partial charge in [-0.1, -0.05) is 0 Å². The highest BCUT2D eigenvalue weighted by Crippen LogP contribution is 2.13. The van der Waals surface area contributed by atoms with Crippen molar-refractivity contribution in [3.63, 3.8) is 0 Å². The molecule has 2 heterocycles. The predicted molar refractivity (Wildman–Crippen MR) is 55.8 cm³/mol. The van der Waals surface area contributed by atoms with Crippen LogP contribution in [0.4, 0.5) is 16.2 Å². The molecule has 0 aliphatic carbocycles. The van der Waals surface area contributed by atoms with Gasteiger partial charge < -0.3 is 11.1 Å². The number of hydrogen-bond donors (Lipinski definition) is 2. The molecule has 15 heavy (non-hydrogen) atoms. The minimum Gasteiger partial charge on any atom is -0.368 e. The summed E-state index contributed by atoms with van der Waals surface area (Å²) in [5, 5.41) is 2.82. The van der Waals surface area contributed by atoms with Crippen molar-refractivity contribution in [1.82, 2.24) is 15.0 Å². The Morgan fingerprint density at radius 1 is 1.47 bits per heavy atom. The van der Waals surface area contributed by atoms with Crippen LogP contribution in [0.15, 0.2) is 17.9 Å². The molecule has 0 aliphatic heterocycles. The quantitative estimate of drug-likeness (QED) is 0.822. The molecule has 0 saturated carbocycles. The van der Waals surface area contributed by atoms with Crippen molar-refractivity contribution in [3.05, 3.63) is 28.6 Å². The molecule has 0 saturated heterocycles. The Kier molecular flexibility index (Phi) is 2.72. The maximum atomic E-state index is 13.1. The average molecular weight is 225 g/mol. The minimum absolute atomic E-state index is 0.0446. The summed E-state index contributed by atoms with van der Waals surface area (Å²) in [5.41, 5.74) is 7.05. The van der Waals surface area contributed by atoms with Gasteiger partial charge in [0.15, 0.2) is 11.6 Å². The topological polar surface area (TPSA) is 76.7 Å². The molecule has 2 aromatic heterocycles. The first-order valence-electron chi connectivity index (χ1n) is 4.15. The van der Waals surface area contributed by atoms with Crippen LogP contribution >= 0.6 is 11.3 Å². The van der Waals surface area contributed by atoms with Gasteiger partial charge in [0, 0.05) is 11.1 Å². The van der Waals surface area contributed by atoms with Crippen LogP contribution in [0.5, 0.6) is 0 Å². The van der Waals surface area contributed by atoms with Gasteiger partial charge in [0.05, 0.1) is 18.3 Å². The molecule has 7 heteroatoms. The molecule has 0 radical (unpaired) electrons. The van der Waals surface area contributed by atoms with Crippen molar-refractivity contribution in [2.24, 2.45) is 0 Å². The first-order valence-corrected chi connectivity index (χ1v) is 5.03. The Morgan fingerprint density at radius 3 is 3.07 bits per heavy atom. The summed E-state index contributed by atoms with van der Waals surface area (Å²) in [6.45, 7) is 0.470. The first kappa shape index (κ1) is 9.78. The largest absolute Gasteiger partial charge is 0.368 e. The van der Waals surface area contributed by atoms with E-state index in [1.54, 1.807) is 11.7 Å². The zero-order valence-electron chi connectivity index (χ0n) is 7.64. The molecule has 2 rings (SSSR count). The zero-order valence-corrected chi connectivity index (χ0v) is 8.46. The van der Waals surface area contributed by atoms with Crippen LogP contribution in [0.2, 0.25) is 0 Å². The van der Waals surface area contributed by atoms with Crippen molar-refractivity contribution in [3.8, 4) is 0 Å². The lowest BCUT2D eigenvalue weighted by atomic mass is 10.5. The normalized spacial score (nSPS) is 10.2. The first-order chi connectivity index (χ1) is 7.25. The number of nitrogens with two attached hydrogens (primary N) is 1. The zero-order chi connectivity index (χ0) is 10.7. The van der Waals surface area contributed by atoms with E-state index in [0.29, 0.717) is 6.54 Å². The van der Waals surface area contributed by atoms with E-state index < -0.39 is 5.82 Å². The van der Waals surface area contributed by atoms with Crippen LogP contribution in [0.25, 0.3) is 0 Å². The third-order valence-electron chi connectivity index (χ3n) is 1.68. The van der Waals surface area contributed by atoms with Crippen LogP contribution in [0, 0.1) is 5.82 Å². The average Bonchev–Trinajstić information content (AvgIpc) is 2.72. The molecule has 0 unspecified atom stereocenters. The molecule has 0 aliphatic rings. The van der Waals surface area contributed by atoms with Crippen molar-refractivity contribution < 1.29 is 4.39 Å². The molecule has 0 spiro atoms. The summed E-state index contributed by atoms with van der Waals surface area (Å²) in [5.74, 6) is -0.368. The van der Waals surface area contributed by atoms with Crippen molar-refractivity contribution in [1.29, 1.82) is 0 Å². The third kappa shape index (κ3) is 2.38. The molecule has 3 N–H and O–H groups in total. The van der Waals surface area contributed by atoms with Gasteiger partial charge in [-0.3, -0.25) is 4.98 Å². The molecular formula is C8H8FN5S. The van der Waals surface area contributed by atoms with Gasteiger partial charge >= 0.3 is 0 Å². The van der Waals surface area contributed by atoms with Gasteiger partial charge in [-0.05, 0) is 0 Å². The number of rotatable bonds is 3. The monoisotopic (exact) mass is 225 g/mol. The molecular weight excluding hydrogens is 217 g/mol. The van der Waals surface area contributed by atoms with Gasteiger partial charge in [-0.25, -0.2) is 9.37 Å². The van der Waals surface area contributed by atoms with E-state index in [9.17, 15) is 4.39 Å². The Morgan fingerprint density at radius 2 is 2.33 bits per heavy atom. The highest BCUT2D eigenvalue weighted by Gasteiger charge is 2.04. The molecule has 0 amide bonds. The lowest BCUT2D eigenvalue weighted by Crippen LogP contribution is -2.05. The SMILES string of the molecule is Nc1ncc(F)c(NCc2cncs2)n1. The van der Waals surface area contributed by atoms with E-state index in [1.165, 1.54) is 11.3 Å². The molecule has 0 atom stereocenters. The van der Waals surface area contributed by atoms with Gasteiger partial charge in [0.25, 0.3) is 0 Å². The molecule has 0 aromatic carbocycles. The van der Waals surface area contributed by atoms with E-state index in [1.807, 2.05) is 0 Å². The van der Waals surface area contributed by atoms with Gasteiger partial charge in [-0.2, -0.15) is 4.98 Å². The Balaban J connectivity index is 2.07. The summed E-state index contributed by atoms with van der Waals surface area (Å²) < 4.78 is 13.1. The highest BCUT2D eigenvalue weighted by atomic mass is 32.1. The Labute approximate surface area is 89.2 Å². The van der Waals surface area contributed by atoms with Crippen molar-refractivity contribution in [2.75, 3.05) is 11.1 Å². The van der Waals surface area contributed by atoms with Crippen LogP contribution in [-0.2, 0) is 6.54 Å². The standard InChI is InChI=1S/C8H8FN5S/c9-6-3-13-8(10)14-7(6)12-2-5-1-11-4-15-5/h1,3-4H,2H2,(H3,10,12,13,14). The van der Waals surface area contributed by atoms with Gasteiger partial charge in [0.1, 0.15) is 0 Å². The van der Waals surface area contributed by atoms with E-state index in [4.69, 9.17) is 5.73 Å². The second-order valence-corrected chi connectivity index (χ2v) is 3.72. The molecule has 78 valence electrons. The fraction of sp³-hybridized carbons (Fsp3) is 0.125. The number of anilines is 2. The fourth-order valence-electron chi connectivity index (χ4n) is 1.01. The van der Waals surface area contributed by atoms with Crippen molar-refractivity contribution >= 4 is 23.1 Å². The summed E-state index contributed by atoms with van der Waals surface area (Å²) in [6, 6.07) is 0. The maximum Gasteiger partial charge on any atom is 0.222 e. The maximum absolute atomic E-state index is 13.1. The summed E-state index contributed by atoms with van der Waals surface area (Å²) in [4.78, 5) is 12.2. The van der Waals surface area contributed by atoms with E-state index in [2.05, 4.69) is 20.3 Å². The lowest BCUT2D eigenvalue weighted by Gasteiger charge is -2.04. The Bertz CT molecular complexity index is 444. The smallest absolute Gasteiger partial charge is 0.222 e. The summed E-state index contributed by atoms with van der Waals surface area (Å²) in [7, 11) is 0. The predicted octanol–water partition coefficient (Wildman–Crippen LogP) is 1.27. The molecule has 0 fully saturated rings. The summed E-state index contributed by atoms with van der Waals surface area (Å²) >= 11 is 1.48. The minimum atomic E-state index is -0.520. The van der Waals surface area contributed by atoms with Gasteiger partial charge in [0.2, 0.25) is 5.95 Å². The second kappa shape index (κ2) is 4.18. The number of nitrogens with zero attached hydrogens (tertiary/aromatic N) is 3. The lowest BCUT2D eigenvalue weighted by molar-refractivity contribution is 0.617. The van der Waals surface area contributed by atoms with Crippen molar-refractivity contribution in [2.45, 2.75) is 6.54 Å². The molecule has 2 aromatic rings. The van der Waals surface area contributed by atoms with E-state index in [-0.39, 0.29) is 11.8 Å². The number of hydrogen-bond acceptors (Lipinski definition) is 6. The number of nitrogen functional groups attached to an aromatic ring is 1. The third-order valence-corrected chi connectivity index (χ3v) is 2.46. The highest BCUT2D eigenvalue weighted by molar-refractivity contribution is 7.09. The number of aromatic nitrogens is 3. The number of thiazole rings is 1. The fourth-order valence-corrected chi connectivity index (χ4v) is 1.54. The summed E-state index contributed by atoms with van der Waals surface area (Å²) in [6.07, 6.45) is 2.75. The Hall–Kier alpha value is -1.76. The van der Waals surface area contributed by atoms with E-state index >= 15 is 0 Å². The van der Waals surface area contributed by atoms with Crippen LogP contribution in [0.3, 0.4) is 0 Å². The van der Waals surface area contributed by atoms with Gasteiger partial charge in [-0.15, -0.1) is 11.3 Å². The second-order valence-electron chi connectivity index (χ2n) is 2.75. The molecule has 5 nitrogen and oxygen atoms in total. The number of halogens is 1. The van der Waals surface area contributed by atoms with Crippen LogP contribution < -0.4 is 11.1 Å². The van der Waals surface area contributed by atoms with E-state index in [0.717, 1.165) is 11.1 Å². The van der Waals surface area contributed by atoms with Crippen LogP contribution in [0.1, 0.15) is 4.88 Å². The molecule has 0 bridgehead atoms. The van der Waals surface area contributed by atoms with Crippen LogP contribution in [-0.4, -0.2) is 15.0 Å².